The summed E-state index contributed by atoms with van der Waals surface area (Å²) in [5.41, 5.74) is 3.21. The molecule has 1 rings (SSSR count). The summed E-state index contributed by atoms with van der Waals surface area (Å²) in [6.45, 7) is 12.4. The van der Waals surface area contributed by atoms with E-state index in [0.717, 1.165) is 5.69 Å². The quantitative estimate of drug-likeness (QED) is 0.773. The largest absolute Gasteiger partial charge is 0.336 e. The number of nitrogens with one attached hydrogen (secondary N) is 1. The van der Waals surface area contributed by atoms with Gasteiger partial charge >= 0.3 is 0 Å². The van der Waals surface area contributed by atoms with Crippen molar-refractivity contribution in [1.29, 1.82) is 0 Å². The normalized spacial score (nSPS) is 12.6. The van der Waals surface area contributed by atoms with Crippen molar-refractivity contribution < 1.29 is 9.59 Å². The molecule has 1 atom stereocenters. The maximum atomic E-state index is 12.6. The Hall–Kier alpha value is -1.84. The summed E-state index contributed by atoms with van der Waals surface area (Å²) in [4.78, 5) is 25.1. The summed E-state index contributed by atoms with van der Waals surface area (Å²) >= 11 is 0. The predicted molar refractivity (Wildman–Crippen MR) is 95.7 cm³/mol. The van der Waals surface area contributed by atoms with Crippen LogP contribution in [0, 0.1) is 5.92 Å². The summed E-state index contributed by atoms with van der Waals surface area (Å²) in [5.74, 6) is 0.680. The molecule has 0 aliphatic carbocycles. The third-order valence-corrected chi connectivity index (χ3v) is 4.08. The number of hydrogen-bond acceptors (Lipinski definition) is 2. The molecule has 1 aromatic carbocycles. The van der Waals surface area contributed by atoms with Gasteiger partial charge in [-0.2, -0.15) is 0 Å². The van der Waals surface area contributed by atoms with Crippen LogP contribution in [0.25, 0.3) is 0 Å². The van der Waals surface area contributed by atoms with E-state index in [0.29, 0.717) is 18.2 Å². The molecule has 0 radical (unpaired) electrons. The second-order valence-electron chi connectivity index (χ2n) is 7.15. The van der Waals surface area contributed by atoms with Crippen molar-refractivity contribution in [2.75, 3.05) is 12.4 Å². The highest BCUT2D eigenvalue weighted by atomic mass is 16.2. The summed E-state index contributed by atoms with van der Waals surface area (Å²) in [6, 6.07) is 5.76. The molecule has 23 heavy (non-hydrogen) atoms. The fraction of sp³-hybridized carbons (Fsp3) is 0.579. The average Bonchev–Trinajstić information content (AvgIpc) is 2.46. The third-order valence-electron chi connectivity index (χ3n) is 4.08. The molecule has 1 N–H and O–H groups in total. The zero-order valence-corrected chi connectivity index (χ0v) is 15.4. The first-order valence-electron chi connectivity index (χ1n) is 8.30. The van der Waals surface area contributed by atoms with Crippen LogP contribution >= 0.6 is 0 Å². The lowest BCUT2D eigenvalue weighted by Gasteiger charge is -2.27. The second-order valence-corrected chi connectivity index (χ2v) is 7.15. The predicted octanol–water partition coefficient (Wildman–Crippen LogP) is 3.98. The highest BCUT2D eigenvalue weighted by molar-refractivity contribution is 5.96. The summed E-state index contributed by atoms with van der Waals surface area (Å²) in [7, 11) is 1.64. The van der Waals surface area contributed by atoms with Gasteiger partial charge in [0.25, 0.3) is 0 Å². The summed E-state index contributed by atoms with van der Waals surface area (Å²) < 4.78 is 0. The van der Waals surface area contributed by atoms with Crippen LogP contribution in [0.4, 0.5) is 5.69 Å². The molecule has 1 aromatic rings. The molecule has 0 bridgehead atoms. The van der Waals surface area contributed by atoms with Crippen molar-refractivity contribution in [3.63, 3.8) is 0 Å². The minimum atomic E-state index is -0.474. The molecule has 0 fully saturated rings. The fourth-order valence-electron chi connectivity index (χ4n) is 2.66. The van der Waals surface area contributed by atoms with Gasteiger partial charge in [-0.1, -0.05) is 47.6 Å². The van der Waals surface area contributed by atoms with E-state index in [4.69, 9.17) is 0 Å². The molecule has 4 heteroatoms. The molecular formula is C19H30N2O2. The first kappa shape index (κ1) is 19.2. The molecule has 0 aliphatic rings. The van der Waals surface area contributed by atoms with E-state index in [-0.39, 0.29) is 11.8 Å². The van der Waals surface area contributed by atoms with Crippen LogP contribution < -0.4 is 5.32 Å². The zero-order valence-electron chi connectivity index (χ0n) is 15.4. The Kier molecular flexibility index (Phi) is 6.79. The van der Waals surface area contributed by atoms with E-state index in [1.54, 1.807) is 7.05 Å². The number of hydrogen-bond donors (Lipinski definition) is 1. The smallest absolute Gasteiger partial charge is 0.247 e. The number of anilines is 1. The minimum absolute atomic E-state index is 0.0445. The van der Waals surface area contributed by atoms with Crippen LogP contribution in [-0.4, -0.2) is 30.3 Å². The molecular weight excluding hydrogens is 288 g/mol. The number of benzene rings is 1. The Morgan fingerprint density at radius 2 is 1.48 bits per heavy atom. The number of carbonyl (C=O) groups excluding carboxylic acids is 2. The first-order valence-corrected chi connectivity index (χ1v) is 8.30. The molecule has 0 unspecified atom stereocenters. The lowest BCUT2D eigenvalue weighted by molar-refractivity contribution is -0.130. The average molecular weight is 318 g/mol. The van der Waals surface area contributed by atoms with E-state index in [9.17, 15) is 9.59 Å². The van der Waals surface area contributed by atoms with Crippen molar-refractivity contribution in [3.05, 3.63) is 29.3 Å². The van der Waals surface area contributed by atoms with Crippen molar-refractivity contribution >= 4 is 18.0 Å². The zero-order chi connectivity index (χ0) is 17.7. The molecule has 2 amide bonds. The number of likely N-dealkylation sites (N-methyl/N-ethyl adjacent to an activating group) is 1. The van der Waals surface area contributed by atoms with Gasteiger partial charge in [-0.05, 0) is 41.0 Å². The highest BCUT2D eigenvalue weighted by Gasteiger charge is 2.26. The van der Waals surface area contributed by atoms with E-state index in [1.165, 1.54) is 16.0 Å². The van der Waals surface area contributed by atoms with Crippen LogP contribution in [0.1, 0.15) is 64.5 Å². The Morgan fingerprint density at radius 3 is 1.83 bits per heavy atom. The number of nitrogens with zero attached hydrogens (tertiary/aromatic N) is 1. The van der Waals surface area contributed by atoms with Gasteiger partial charge in [0.15, 0.2) is 0 Å². The van der Waals surface area contributed by atoms with E-state index in [2.05, 4.69) is 39.1 Å². The van der Waals surface area contributed by atoms with Crippen molar-refractivity contribution in [2.45, 2.75) is 59.4 Å². The Labute approximate surface area is 140 Å². The number of carbonyl (C=O) groups is 2. The topological polar surface area (TPSA) is 49.4 Å². The van der Waals surface area contributed by atoms with Crippen LogP contribution in [0.2, 0.25) is 0 Å². The molecule has 0 aliphatic heterocycles. The van der Waals surface area contributed by atoms with Gasteiger partial charge in [-0.3, -0.25) is 9.59 Å². The summed E-state index contributed by atoms with van der Waals surface area (Å²) in [6.07, 6.45) is 0.703. The van der Waals surface area contributed by atoms with Crippen molar-refractivity contribution in [2.24, 2.45) is 5.92 Å². The molecule has 0 spiro atoms. The van der Waals surface area contributed by atoms with Gasteiger partial charge < -0.3 is 10.2 Å². The van der Waals surface area contributed by atoms with Crippen molar-refractivity contribution in [3.8, 4) is 0 Å². The standard InChI is InChI=1S/C19H30N2O2/c1-12(2)15-8-16(13(3)4)10-17(9-15)20-19(23)18(14(5)6)21(7)11-22/h8-14,18H,1-7H3,(H,20,23)/t18-/m0/s1. The lowest BCUT2D eigenvalue weighted by atomic mass is 9.94. The van der Waals surface area contributed by atoms with Gasteiger partial charge in [-0.15, -0.1) is 0 Å². The Bertz CT molecular complexity index is 524. The Balaban J connectivity index is 3.11. The lowest BCUT2D eigenvalue weighted by Crippen LogP contribution is -2.44. The molecule has 0 heterocycles. The van der Waals surface area contributed by atoms with Gasteiger partial charge in [0.2, 0.25) is 12.3 Å². The first-order chi connectivity index (χ1) is 10.7. The highest BCUT2D eigenvalue weighted by Crippen LogP contribution is 2.26. The third kappa shape index (κ3) is 5.08. The molecule has 0 saturated heterocycles. The maximum Gasteiger partial charge on any atom is 0.247 e. The van der Waals surface area contributed by atoms with Gasteiger partial charge in [0.05, 0.1) is 0 Å². The molecule has 4 nitrogen and oxygen atoms in total. The van der Waals surface area contributed by atoms with Crippen molar-refractivity contribution in [1.82, 2.24) is 4.90 Å². The summed E-state index contributed by atoms with van der Waals surface area (Å²) in [5, 5.41) is 2.99. The SMILES string of the molecule is CC(C)c1cc(NC(=O)[C@H](C(C)C)N(C)C=O)cc(C(C)C)c1. The van der Waals surface area contributed by atoms with Crippen LogP contribution in [0.3, 0.4) is 0 Å². The molecule has 128 valence electrons. The van der Waals surface area contributed by atoms with E-state index in [1.807, 2.05) is 26.0 Å². The van der Waals surface area contributed by atoms with Gasteiger partial charge in [-0.25, -0.2) is 0 Å². The second kappa shape index (κ2) is 8.14. The molecule has 0 saturated carbocycles. The van der Waals surface area contributed by atoms with Crippen LogP contribution in [0.15, 0.2) is 18.2 Å². The number of rotatable bonds is 7. The van der Waals surface area contributed by atoms with Crippen LogP contribution in [-0.2, 0) is 9.59 Å². The monoisotopic (exact) mass is 318 g/mol. The van der Waals surface area contributed by atoms with Gasteiger partial charge in [0, 0.05) is 12.7 Å². The number of amides is 2. The minimum Gasteiger partial charge on any atom is -0.336 e. The Morgan fingerprint density at radius 1 is 1.00 bits per heavy atom. The maximum absolute atomic E-state index is 12.6. The van der Waals surface area contributed by atoms with E-state index < -0.39 is 6.04 Å². The van der Waals surface area contributed by atoms with Crippen LogP contribution in [0.5, 0.6) is 0 Å². The molecule has 0 aromatic heterocycles. The fourth-order valence-corrected chi connectivity index (χ4v) is 2.66. The van der Waals surface area contributed by atoms with E-state index >= 15 is 0 Å². The van der Waals surface area contributed by atoms with Gasteiger partial charge in [0.1, 0.15) is 6.04 Å².